The highest BCUT2D eigenvalue weighted by Crippen LogP contribution is 2.33. The molecule has 66 valence electrons. The number of halogens is 4. The zero-order chi connectivity index (χ0) is 9.35. The van der Waals surface area contributed by atoms with Gasteiger partial charge >= 0.3 is 6.18 Å². The maximum absolute atomic E-state index is 12.6. The van der Waals surface area contributed by atoms with Crippen LogP contribution in [0.3, 0.4) is 0 Å². The minimum atomic E-state index is -4.60. The van der Waals surface area contributed by atoms with Gasteiger partial charge in [0.2, 0.25) is 0 Å². The summed E-state index contributed by atoms with van der Waals surface area (Å²) in [5, 5.41) is 0. The lowest BCUT2D eigenvalue weighted by atomic mass is 10.1. The average Bonchev–Trinajstić information content (AvgIpc) is 1.82. The number of rotatable bonds is 0. The van der Waals surface area contributed by atoms with Crippen LogP contribution < -0.4 is 0 Å². The fourth-order valence-corrected chi connectivity index (χ4v) is 0.991. The highest BCUT2D eigenvalue weighted by molar-refractivity contribution is 5.29. The molecule has 0 atom stereocenters. The van der Waals surface area contributed by atoms with Crippen LogP contribution >= 0.6 is 0 Å². The molecule has 0 aliphatic heterocycles. The van der Waals surface area contributed by atoms with E-state index >= 15 is 0 Å². The third-order valence-corrected chi connectivity index (χ3v) is 1.51. The van der Waals surface area contributed by atoms with Gasteiger partial charge in [-0.05, 0) is 18.6 Å². The third kappa shape index (κ3) is 1.57. The van der Waals surface area contributed by atoms with Gasteiger partial charge in [0.1, 0.15) is 5.82 Å². The summed E-state index contributed by atoms with van der Waals surface area (Å²) in [5.74, 6) is -1.22. The van der Waals surface area contributed by atoms with E-state index in [-0.39, 0.29) is 5.56 Å². The van der Waals surface area contributed by atoms with Crippen molar-refractivity contribution in [1.82, 2.24) is 0 Å². The molecule has 1 rings (SSSR count). The van der Waals surface area contributed by atoms with E-state index < -0.39 is 17.6 Å². The molecule has 0 aliphatic carbocycles. The van der Waals surface area contributed by atoms with Crippen molar-refractivity contribution >= 4 is 0 Å². The highest BCUT2D eigenvalue weighted by Gasteiger charge is 2.35. The van der Waals surface area contributed by atoms with Crippen LogP contribution in [-0.4, -0.2) is 0 Å². The lowest BCUT2D eigenvalue weighted by Crippen LogP contribution is -2.10. The molecule has 1 aromatic rings. The summed E-state index contributed by atoms with van der Waals surface area (Å²) >= 11 is 0. The van der Waals surface area contributed by atoms with Crippen molar-refractivity contribution in [3.05, 3.63) is 35.1 Å². The van der Waals surface area contributed by atoms with Gasteiger partial charge in [0.05, 0.1) is 5.56 Å². The van der Waals surface area contributed by atoms with E-state index in [1.54, 1.807) is 0 Å². The molecule has 0 aliphatic rings. The first-order valence-electron chi connectivity index (χ1n) is 3.25. The lowest BCUT2D eigenvalue weighted by Gasteiger charge is -2.09. The van der Waals surface area contributed by atoms with Crippen molar-refractivity contribution in [3.8, 4) is 0 Å². The normalized spacial score (nSPS) is 11.8. The van der Waals surface area contributed by atoms with Crippen LogP contribution in [0.15, 0.2) is 18.2 Å². The summed E-state index contributed by atoms with van der Waals surface area (Å²) in [4.78, 5) is 0. The smallest absolute Gasteiger partial charge is 0.206 e. The number of aryl methyl sites for hydroxylation is 1. The van der Waals surface area contributed by atoms with Crippen molar-refractivity contribution in [2.45, 2.75) is 13.1 Å². The molecular formula is C8H6F4. The van der Waals surface area contributed by atoms with Crippen LogP contribution in [0.4, 0.5) is 17.6 Å². The first-order valence-corrected chi connectivity index (χ1v) is 3.25. The van der Waals surface area contributed by atoms with Crippen LogP contribution in [-0.2, 0) is 6.18 Å². The maximum atomic E-state index is 12.6. The largest absolute Gasteiger partial charge is 0.419 e. The second-order valence-corrected chi connectivity index (χ2v) is 2.43. The number of hydrogen-bond acceptors (Lipinski definition) is 0. The van der Waals surface area contributed by atoms with Gasteiger partial charge in [-0.25, -0.2) is 4.39 Å². The van der Waals surface area contributed by atoms with Gasteiger partial charge in [0.25, 0.3) is 0 Å². The molecule has 0 fully saturated rings. The van der Waals surface area contributed by atoms with Gasteiger partial charge in [-0.15, -0.1) is 0 Å². The molecule has 0 saturated carbocycles. The molecule has 0 spiro atoms. The molecule has 0 aromatic heterocycles. The van der Waals surface area contributed by atoms with Gasteiger partial charge in [0.15, 0.2) is 0 Å². The van der Waals surface area contributed by atoms with Crippen LogP contribution in [0, 0.1) is 12.7 Å². The van der Waals surface area contributed by atoms with Crippen molar-refractivity contribution in [1.29, 1.82) is 0 Å². The predicted octanol–water partition coefficient (Wildman–Crippen LogP) is 3.15. The van der Waals surface area contributed by atoms with Crippen LogP contribution in [0.2, 0.25) is 0 Å². The Balaban J connectivity index is 3.31. The minimum absolute atomic E-state index is 0.0949. The minimum Gasteiger partial charge on any atom is -0.206 e. The Hall–Kier alpha value is -1.06. The summed E-state index contributed by atoms with van der Waals surface area (Å²) in [7, 11) is 0. The fourth-order valence-electron chi connectivity index (χ4n) is 0.991. The first kappa shape index (κ1) is 9.03. The van der Waals surface area contributed by atoms with Crippen molar-refractivity contribution in [2.24, 2.45) is 0 Å². The van der Waals surface area contributed by atoms with Gasteiger partial charge < -0.3 is 0 Å². The van der Waals surface area contributed by atoms with E-state index in [0.717, 1.165) is 6.07 Å². The Morgan fingerprint density at radius 1 is 1.17 bits per heavy atom. The van der Waals surface area contributed by atoms with Crippen LogP contribution in [0.25, 0.3) is 0 Å². The molecule has 12 heavy (non-hydrogen) atoms. The van der Waals surface area contributed by atoms with Crippen LogP contribution in [0.5, 0.6) is 0 Å². The van der Waals surface area contributed by atoms with E-state index in [2.05, 4.69) is 0 Å². The number of benzene rings is 1. The van der Waals surface area contributed by atoms with Gasteiger partial charge in [-0.2, -0.15) is 13.2 Å². The fraction of sp³-hybridized carbons (Fsp3) is 0.250. The quantitative estimate of drug-likeness (QED) is 0.535. The van der Waals surface area contributed by atoms with Crippen LogP contribution in [0.1, 0.15) is 11.1 Å². The zero-order valence-electron chi connectivity index (χ0n) is 6.24. The molecule has 0 amide bonds. The summed E-state index contributed by atoms with van der Waals surface area (Å²) in [5.41, 5.74) is -1.27. The molecule has 0 bridgehead atoms. The van der Waals surface area contributed by atoms with Crippen molar-refractivity contribution in [2.75, 3.05) is 0 Å². The molecule has 0 heterocycles. The van der Waals surface area contributed by atoms with E-state index in [1.807, 2.05) is 0 Å². The zero-order valence-corrected chi connectivity index (χ0v) is 6.24. The molecule has 0 nitrogen and oxygen atoms in total. The molecule has 0 saturated heterocycles. The van der Waals surface area contributed by atoms with Crippen molar-refractivity contribution < 1.29 is 17.6 Å². The lowest BCUT2D eigenvalue weighted by molar-refractivity contribution is -0.140. The van der Waals surface area contributed by atoms with Gasteiger partial charge in [0, 0.05) is 0 Å². The van der Waals surface area contributed by atoms with E-state index in [0.29, 0.717) is 0 Å². The molecule has 1 aromatic carbocycles. The molecule has 4 heteroatoms. The predicted molar refractivity (Wildman–Crippen MR) is 36.1 cm³/mol. The summed E-state index contributed by atoms with van der Waals surface area (Å²) in [6.45, 7) is 1.23. The third-order valence-electron chi connectivity index (χ3n) is 1.51. The molecule has 0 N–H and O–H groups in total. The van der Waals surface area contributed by atoms with Gasteiger partial charge in [-0.3, -0.25) is 0 Å². The van der Waals surface area contributed by atoms with Gasteiger partial charge in [-0.1, -0.05) is 12.1 Å². The maximum Gasteiger partial charge on any atom is 0.419 e. The van der Waals surface area contributed by atoms with Crippen molar-refractivity contribution in [3.63, 3.8) is 0 Å². The Morgan fingerprint density at radius 2 is 1.75 bits per heavy atom. The molecule has 0 unspecified atom stereocenters. The number of hydrogen-bond donors (Lipinski definition) is 0. The summed E-state index contributed by atoms with van der Waals surface area (Å²) in [6.07, 6.45) is -4.60. The first-order chi connectivity index (χ1) is 5.43. The Morgan fingerprint density at radius 3 is 2.08 bits per heavy atom. The topological polar surface area (TPSA) is 0 Å². The SMILES string of the molecule is Cc1cccc(F)c1C(F)(F)F. The Kier molecular flexibility index (Phi) is 2.08. The monoisotopic (exact) mass is 178 g/mol. The average molecular weight is 178 g/mol. The van der Waals surface area contributed by atoms with E-state index in [9.17, 15) is 17.6 Å². The number of alkyl halides is 3. The summed E-state index contributed by atoms with van der Waals surface area (Å²) < 4.78 is 48.8. The van der Waals surface area contributed by atoms with E-state index in [4.69, 9.17) is 0 Å². The Labute approximate surface area is 66.8 Å². The molecule has 0 radical (unpaired) electrons. The van der Waals surface area contributed by atoms with E-state index in [1.165, 1.54) is 19.1 Å². The molecular weight excluding hydrogens is 172 g/mol. The second kappa shape index (κ2) is 2.77. The standard InChI is InChI=1S/C8H6F4/c1-5-3-2-4-6(9)7(5)8(10,11)12/h2-4H,1H3. The summed E-state index contributed by atoms with van der Waals surface area (Å²) in [6, 6.07) is 3.28. The Bertz CT molecular complexity index is 267. The highest BCUT2D eigenvalue weighted by atomic mass is 19.4. The second-order valence-electron chi connectivity index (χ2n) is 2.43.